The number of hydrogen-bond donors (Lipinski definition) is 1. The smallest absolute Gasteiger partial charge is 0.0448 e. The largest absolute Gasteiger partial charge is 0.348 e. The normalized spacial score (nSPS) is 24.9. The second kappa shape index (κ2) is 4.65. The number of hydrogen-bond acceptors (Lipinski definition) is 1. The summed E-state index contributed by atoms with van der Waals surface area (Å²) < 4.78 is 2.36. The molecule has 0 amide bonds. The summed E-state index contributed by atoms with van der Waals surface area (Å²) in [5.41, 5.74) is 2.79. The van der Waals surface area contributed by atoms with Crippen LogP contribution in [0.15, 0.2) is 12.3 Å². The first-order valence-corrected chi connectivity index (χ1v) is 5.59. The van der Waals surface area contributed by atoms with Gasteiger partial charge in [0.05, 0.1) is 0 Å². The summed E-state index contributed by atoms with van der Waals surface area (Å²) in [4.78, 5) is 0. The number of rotatable bonds is 0. The van der Waals surface area contributed by atoms with E-state index in [1.807, 2.05) is 13.8 Å². The molecule has 0 saturated carbocycles. The molecule has 1 aromatic rings. The van der Waals surface area contributed by atoms with Gasteiger partial charge in [0.15, 0.2) is 0 Å². The topological polar surface area (TPSA) is 17.0 Å². The molecule has 0 bridgehead atoms. The molecule has 2 heteroatoms. The fraction of sp³-hybridized carbons (Fsp3) is 0.667. The highest BCUT2D eigenvalue weighted by atomic mass is 15.1. The Morgan fingerprint density at radius 2 is 2.00 bits per heavy atom. The predicted octanol–water partition coefficient (Wildman–Crippen LogP) is 2.88. The van der Waals surface area contributed by atoms with Crippen molar-refractivity contribution in [2.75, 3.05) is 0 Å². The third-order valence-electron chi connectivity index (χ3n) is 2.52. The summed E-state index contributed by atoms with van der Waals surface area (Å²) >= 11 is 0. The molecule has 14 heavy (non-hydrogen) atoms. The van der Waals surface area contributed by atoms with E-state index in [1.165, 1.54) is 11.3 Å². The van der Waals surface area contributed by atoms with Gasteiger partial charge in [-0.2, -0.15) is 0 Å². The van der Waals surface area contributed by atoms with Crippen LogP contribution in [0.25, 0.3) is 0 Å². The molecular weight excluding hydrogens is 172 g/mol. The molecule has 2 nitrogen and oxygen atoms in total. The van der Waals surface area contributed by atoms with Crippen LogP contribution in [-0.4, -0.2) is 10.6 Å². The number of fused-ring (bicyclic) bond motifs is 1. The van der Waals surface area contributed by atoms with Crippen LogP contribution < -0.4 is 5.32 Å². The van der Waals surface area contributed by atoms with Crippen molar-refractivity contribution in [3.8, 4) is 0 Å². The number of aromatic nitrogens is 1. The van der Waals surface area contributed by atoms with E-state index in [0.29, 0.717) is 12.1 Å². The number of aryl methyl sites for hydroxylation is 1. The van der Waals surface area contributed by atoms with Gasteiger partial charge in [0, 0.05) is 30.5 Å². The minimum Gasteiger partial charge on any atom is -0.348 e. The molecule has 2 atom stereocenters. The summed E-state index contributed by atoms with van der Waals surface area (Å²) in [7, 11) is 0. The molecule has 0 fully saturated rings. The Kier molecular flexibility index (Phi) is 3.76. The Labute approximate surface area is 87.3 Å². The summed E-state index contributed by atoms with van der Waals surface area (Å²) in [5, 5.41) is 3.53. The maximum absolute atomic E-state index is 3.53. The highest BCUT2D eigenvalue weighted by Gasteiger charge is 2.19. The van der Waals surface area contributed by atoms with Gasteiger partial charge in [0.1, 0.15) is 0 Å². The van der Waals surface area contributed by atoms with E-state index in [0.717, 1.165) is 6.54 Å². The lowest BCUT2D eigenvalue weighted by atomic mass is 10.1. The Hall–Kier alpha value is -0.760. The molecule has 2 heterocycles. The van der Waals surface area contributed by atoms with Crippen LogP contribution in [0.5, 0.6) is 0 Å². The van der Waals surface area contributed by atoms with Crippen LogP contribution in [0.1, 0.15) is 45.0 Å². The predicted molar refractivity (Wildman–Crippen MR) is 61.5 cm³/mol. The van der Waals surface area contributed by atoms with Crippen molar-refractivity contribution in [2.45, 2.75) is 53.2 Å². The summed E-state index contributed by atoms with van der Waals surface area (Å²) in [6, 6.07) is 3.37. The lowest BCUT2D eigenvalue weighted by Gasteiger charge is -2.28. The van der Waals surface area contributed by atoms with Crippen LogP contribution in [0.4, 0.5) is 0 Å². The van der Waals surface area contributed by atoms with Gasteiger partial charge in [-0.25, -0.2) is 0 Å². The zero-order valence-electron chi connectivity index (χ0n) is 9.96. The van der Waals surface area contributed by atoms with Gasteiger partial charge in [-0.05, 0) is 32.4 Å². The molecule has 0 saturated heterocycles. The van der Waals surface area contributed by atoms with E-state index in [4.69, 9.17) is 0 Å². The van der Waals surface area contributed by atoms with E-state index < -0.39 is 0 Å². The zero-order chi connectivity index (χ0) is 10.7. The highest BCUT2D eigenvalue weighted by molar-refractivity contribution is 5.21. The SMILES string of the molecule is CC.Cc1cc2n(c1)C[C@H](C)N[C@@H]2C. The summed E-state index contributed by atoms with van der Waals surface area (Å²) in [6.45, 7) is 11.7. The van der Waals surface area contributed by atoms with E-state index in [9.17, 15) is 0 Å². The minimum atomic E-state index is 0.502. The van der Waals surface area contributed by atoms with Gasteiger partial charge in [-0.15, -0.1) is 0 Å². The molecule has 1 aliphatic rings. The second-order valence-corrected chi connectivity index (χ2v) is 3.88. The monoisotopic (exact) mass is 194 g/mol. The summed E-state index contributed by atoms with van der Waals surface area (Å²) in [6.07, 6.45) is 2.24. The Morgan fingerprint density at radius 3 is 2.64 bits per heavy atom. The maximum atomic E-state index is 3.53. The Morgan fingerprint density at radius 1 is 1.36 bits per heavy atom. The first kappa shape index (κ1) is 11.3. The van der Waals surface area contributed by atoms with Crippen LogP contribution in [-0.2, 0) is 6.54 Å². The lowest BCUT2D eigenvalue weighted by molar-refractivity contribution is 0.366. The van der Waals surface area contributed by atoms with Crippen LogP contribution in [0.3, 0.4) is 0 Å². The molecule has 1 N–H and O–H groups in total. The van der Waals surface area contributed by atoms with Gasteiger partial charge >= 0.3 is 0 Å². The van der Waals surface area contributed by atoms with Gasteiger partial charge in [0.2, 0.25) is 0 Å². The Bertz CT molecular complexity index is 289. The van der Waals surface area contributed by atoms with Crippen LogP contribution >= 0.6 is 0 Å². The molecule has 0 radical (unpaired) electrons. The molecule has 0 aliphatic carbocycles. The standard InChI is InChI=1S/C10H16N2.C2H6/c1-7-4-10-9(3)11-8(2)6-12(10)5-7;1-2/h4-5,8-9,11H,6H2,1-3H3;1-2H3/t8-,9+;/m0./s1. The first-order valence-electron chi connectivity index (χ1n) is 5.59. The van der Waals surface area contributed by atoms with Gasteiger partial charge in [-0.1, -0.05) is 13.8 Å². The van der Waals surface area contributed by atoms with Crippen LogP contribution in [0, 0.1) is 6.92 Å². The average Bonchev–Trinajstić information content (AvgIpc) is 2.49. The van der Waals surface area contributed by atoms with E-state index in [1.54, 1.807) is 0 Å². The third kappa shape index (κ3) is 2.18. The summed E-state index contributed by atoms with van der Waals surface area (Å²) in [5.74, 6) is 0. The maximum Gasteiger partial charge on any atom is 0.0448 e. The quantitative estimate of drug-likeness (QED) is 0.672. The van der Waals surface area contributed by atoms with Crippen molar-refractivity contribution in [3.63, 3.8) is 0 Å². The molecule has 1 aromatic heterocycles. The van der Waals surface area contributed by atoms with Gasteiger partial charge in [0.25, 0.3) is 0 Å². The van der Waals surface area contributed by atoms with Gasteiger partial charge in [-0.3, -0.25) is 0 Å². The molecule has 80 valence electrons. The minimum absolute atomic E-state index is 0.502. The van der Waals surface area contributed by atoms with Crippen molar-refractivity contribution in [2.24, 2.45) is 0 Å². The first-order chi connectivity index (χ1) is 6.66. The molecule has 0 aromatic carbocycles. The van der Waals surface area contributed by atoms with Gasteiger partial charge < -0.3 is 9.88 Å². The number of nitrogens with zero attached hydrogens (tertiary/aromatic N) is 1. The molecular formula is C12H22N2. The van der Waals surface area contributed by atoms with E-state index in [2.05, 4.69) is 42.9 Å². The van der Waals surface area contributed by atoms with Crippen molar-refractivity contribution < 1.29 is 0 Å². The van der Waals surface area contributed by atoms with E-state index >= 15 is 0 Å². The molecule has 2 rings (SSSR count). The highest BCUT2D eigenvalue weighted by Crippen LogP contribution is 2.21. The van der Waals surface area contributed by atoms with Crippen molar-refractivity contribution >= 4 is 0 Å². The molecule has 1 aliphatic heterocycles. The van der Waals surface area contributed by atoms with Crippen molar-refractivity contribution in [1.29, 1.82) is 0 Å². The fourth-order valence-corrected chi connectivity index (χ4v) is 2.07. The number of nitrogens with one attached hydrogen (secondary N) is 1. The fourth-order valence-electron chi connectivity index (χ4n) is 2.07. The molecule has 0 spiro atoms. The van der Waals surface area contributed by atoms with Crippen molar-refractivity contribution in [3.05, 3.63) is 23.5 Å². The molecule has 0 unspecified atom stereocenters. The van der Waals surface area contributed by atoms with Crippen molar-refractivity contribution in [1.82, 2.24) is 9.88 Å². The zero-order valence-corrected chi connectivity index (χ0v) is 9.96. The lowest BCUT2D eigenvalue weighted by Crippen LogP contribution is -2.38. The van der Waals surface area contributed by atoms with Crippen LogP contribution in [0.2, 0.25) is 0 Å². The second-order valence-electron chi connectivity index (χ2n) is 3.88. The third-order valence-corrected chi connectivity index (χ3v) is 2.52. The average molecular weight is 194 g/mol. The Balaban J connectivity index is 0.000000461. The van der Waals surface area contributed by atoms with E-state index in [-0.39, 0.29) is 0 Å².